The molecule has 2 aliphatic carbocycles. The minimum atomic E-state index is -0.590. The Labute approximate surface area is 132 Å². The molecule has 4 nitrogen and oxygen atoms in total. The fourth-order valence-corrected chi connectivity index (χ4v) is 5.07. The Bertz CT molecular complexity index is 499. The molecule has 4 heteroatoms. The minimum Gasteiger partial charge on any atom is -0.457 e. The summed E-state index contributed by atoms with van der Waals surface area (Å²) in [6.45, 7) is 10.2. The van der Waals surface area contributed by atoms with E-state index in [1.807, 2.05) is 20.8 Å². The standard InChI is InChI=1S/C18H28O4/c1-6-17(4,9-10(2)3)16(20)21-14-11-7-12-13(8-11)18(14,5)22-15(12)19/h10-14H,6-9H2,1-5H3. The van der Waals surface area contributed by atoms with Gasteiger partial charge in [0.05, 0.1) is 11.3 Å². The molecule has 124 valence electrons. The van der Waals surface area contributed by atoms with Crippen molar-refractivity contribution in [1.29, 1.82) is 0 Å². The Balaban J connectivity index is 1.76. The zero-order valence-electron chi connectivity index (χ0n) is 14.3. The van der Waals surface area contributed by atoms with Crippen LogP contribution in [0.25, 0.3) is 0 Å². The second-order valence-electron chi connectivity index (χ2n) is 8.39. The predicted octanol–water partition coefficient (Wildman–Crippen LogP) is 3.33. The molecule has 6 unspecified atom stereocenters. The van der Waals surface area contributed by atoms with Gasteiger partial charge in [0.15, 0.2) is 0 Å². The molecule has 0 radical (unpaired) electrons. The van der Waals surface area contributed by atoms with Crippen LogP contribution in [-0.2, 0) is 19.1 Å². The fourth-order valence-electron chi connectivity index (χ4n) is 5.07. The van der Waals surface area contributed by atoms with Crippen LogP contribution in [0.3, 0.4) is 0 Å². The van der Waals surface area contributed by atoms with Gasteiger partial charge in [-0.25, -0.2) is 0 Å². The summed E-state index contributed by atoms with van der Waals surface area (Å²) in [7, 11) is 0. The lowest BCUT2D eigenvalue weighted by Crippen LogP contribution is -2.48. The summed E-state index contributed by atoms with van der Waals surface area (Å²) in [5.74, 6) is 0.798. The van der Waals surface area contributed by atoms with Crippen LogP contribution in [0.2, 0.25) is 0 Å². The number of esters is 2. The van der Waals surface area contributed by atoms with Crippen LogP contribution in [0.4, 0.5) is 0 Å². The summed E-state index contributed by atoms with van der Waals surface area (Å²) in [6.07, 6.45) is 3.11. The maximum absolute atomic E-state index is 12.8. The van der Waals surface area contributed by atoms with E-state index in [1.54, 1.807) is 0 Å². The molecule has 3 aliphatic rings. The third-order valence-corrected chi connectivity index (χ3v) is 6.32. The molecule has 1 aliphatic heterocycles. The van der Waals surface area contributed by atoms with Gasteiger partial charge in [0, 0.05) is 11.8 Å². The molecule has 0 spiro atoms. The summed E-state index contributed by atoms with van der Waals surface area (Å²) in [5.41, 5.74) is -1.04. The first-order valence-corrected chi connectivity index (χ1v) is 8.65. The molecule has 0 N–H and O–H groups in total. The van der Waals surface area contributed by atoms with Gasteiger partial charge in [0.2, 0.25) is 0 Å². The van der Waals surface area contributed by atoms with Crippen molar-refractivity contribution >= 4 is 11.9 Å². The van der Waals surface area contributed by atoms with Crippen LogP contribution >= 0.6 is 0 Å². The van der Waals surface area contributed by atoms with Gasteiger partial charge in [-0.3, -0.25) is 9.59 Å². The van der Waals surface area contributed by atoms with Gasteiger partial charge >= 0.3 is 11.9 Å². The molecule has 22 heavy (non-hydrogen) atoms. The summed E-state index contributed by atoms with van der Waals surface area (Å²) in [6, 6.07) is 0. The number of fused-ring (bicyclic) bond motifs is 1. The SMILES string of the molecule is CCC(C)(CC(C)C)C(=O)OC1C2CC3C(=O)OC1(C)C3C2. The van der Waals surface area contributed by atoms with E-state index in [-0.39, 0.29) is 35.8 Å². The first kappa shape index (κ1) is 15.8. The van der Waals surface area contributed by atoms with Crippen molar-refractivity contribution in [2.75, 3.05) is 0 Å². The van der Waals surface area contributed by atoms with Gasteiger partial charge in [0.1, 0.15) is 11.7 Å². The van der Waals surface area contributed by atoms with Gasteiger partial charge in [-0.2, -0.15) is 0 Å². The Morgan fingerprint density at radius 1 is 1.45 bits per heavy atom. The third-order valence-electron chi connectivity index (χ3n) is 6.32. The Morgan fingerprint density at radius 2 is 2.14 bits per heavy atom. The van der Waals surface area contributed by atoms with E-state index >= 15 is 0 Å². The average Bonchev–Trinajstić information content (AvgIpc) is 3.01. The zero-order chi connectivity index (χ0) is 16.3. The van der Waals surface area contributed by atoms with E-state index in [0.717, 1.165) is 25.7 Å². The Morgan fingerprint density at radius 3 is 2.73 bits per heavy atom. The average molecular weight is 308 g/mol. The summed E-state index contributed by atoms with van der Waals surface area (Å²) >= 11 is 0. The lowest BCUT2D eigenvalue weighted by molar-refractivity contribution is -0.183. The smallest absolute Gasteiger partial charge is 0.312 e. The van der Waals surface area contributed by atoms with Crippen molar-refractivity contribution in [3.05, 3.63) is 0 Å². The zero-order valence-corrected chi connectivity index (χ0v) is 14.3. The largest absolute Gasteiger partial charge is 0.457 e. The number of rotatable bonds is 5. The highest BCUT2D eigenvalue weighted by Gasteiger charge is 2.70. The first-order chi connectivity index (χ1) is 10.2. The molecular formula is C18H28O4. The Hall–Kier alpha value is -1.06. The van der Waals surface area contributed by atoms with Crippen molar-refractivity contribution in [3.8, 4) is 0 Å². The number of hydrogen-bond acceptors (Lipinski definition) is 4. The number of hydrogen-bond donors (Lipinski definition) is 0. The molecule has 2 saturated carbocycles. The molecule has 0 amide bonds. The molecule has 0 aromatic heterocycles. The van der Waals surface area contributed by atoms with Crippen molar-refractivity contribution in [2.45, 2.75) is 72.0 Å². The van der Waals surface area contributed by atoms with Crippen LogP contribution in [0.1, 0.15) is 60.3 Å². The van der Waals surface area contributed by atoms with Crippen molar-refractivity contribution < 1.29 is 19.1 Å². The van der Waals surface area contributed by atoms with Gasteiger partial charge in [-0.05, 0) is 45.4 Å². The number of carbonyl (C=O) groups excluding carboxylic acids is 2. The highest BCUT2D eigenvalue weighted by molar-refractivity contribution is 5.79. The van der Waals surface area contributed by atoms with Crippen LogP contribution in [-0.4, -0.2) is 23.6 Å². The molecule has 2 bridgehead atoms. The van der Waals surface area contributed by atoms with Crippen molar-refractivity contribution in [2.24, 2.45) is 29.1 Å². The molecule has 3 fully saturated rings. The van der Waals surface area contributed by atoms with E-state index in [2.05, 4.69) is 13.8 Å². The van der Waals surface area contributed by atoms with Gasteiger partial charge in [0.25, 0.3) is 0 Å². The van der Waals surface area contributed by atoms with Gasteiger partial charge < -0.3 is 9.47 Å². The monoisotopic (exact) mass is 308 g/mol. The lowest BCUT2D eigenvalue weighted by Gasteiger charge is -2.37. The van der Waals surface area contributed by atoms with Crippen molar-refractivity contribution in [1.82, 2.24) is 0 Å². The topological polar surface area (TPSA) is 52.6 Å². The second-order valence-corrected chi connectivity index (χ2v) is 8.39. The predicted molar refractivity (Wildman–Crippen MR) is 81.9 cm³/mol. The third kappa shape index (κ3) is 2.10. The highest BCUT2D eigenvalue weighted by atomic mass is 16.6. The lowest BCUT2D eigenvalue weighted by atomic mass is 9.78. The summed E-state index contributed by atoms with van der Waals surface area (Å²) in [4.78, 5) is 24.8. The van der Waals surface area contributed by atoms with E-state index in [4.69, 9.17) is 9.47 Å². The Kier molecular flexibility index (Phi) is 3.57. The van der Waals surface area contributed by atoms with Crippen molar-refractivity contribution in [3.63, 3.8) is 0 Å². The van der Waals surface area contributed by atoms with E-state index in [0.29, 0.717) is 5.92 Å². The molecule has 1 heterocycles. The van der Waals surface area contributed by atoms with E-state index in [1.165, 1.54) is 0 Å². The highest BCUT2D eigenvalue weighted by Crippen LogP contribution is 2.61. The van der Waals surface area contributed by atoms with Gasteiger partial charge in [-0.1, -0.05) is 20.8 Å². The molecule has 3 rings (SSSR count). The molecular weight excluding hydrogens is 280 g/mol. The van der Waals surface area contributed by atoms with Crippen LogP contribution in [0.15, 0.2) is 0 Å². The summed E-state index contributed by atoms with van der Waals surface area (Å²) < 4.78 is 11.6. The number of carbonyl (C=O) groups is 2. The molecule has 0 aromatic rings. The maximum atomic E-state index is 12.8. The minimum absolute atomic E-state index is 0.0400. The van der Waals surface area contributed by atoms with Gasteiger partial charge in [-0.15, -0.1) is 0 Å². The quantitative estimate of drug-likeness (QED) is 0.731. The molecule has 0 aromatic carbocycles. The van der Waals surface area contributed by atoms with Crippen LogP contribution in [0.5, 0.6) is 0 Å². The molecule has 6 atom stereocenters. The van der Waals surface area contributed by atoms with Crippen LogP contribution in [0, 0.1) is 29.1 Å². The maximum Gasteiger partial charge on any atom is 0.312 e. The normalized spacial score (nSPS) is 41.6. The fraction of sp³-hybridized carbons (Fsp3) is 0.889. The number of ether oxygens (including phenoxy) is 2. The van der Waals surface area contributed by atoms with E-state index in [9.17, 15) is 9.59 Å². The summed E-state index contributed by atoms with van der Waals surface area (Å²) in [5, 5.41) is 0. The molecule has 1 saturated heterocycles. The second kappa shape index (κ2) is 4.97. The first-order valence-electron chi connectivity index (χ1n) is 8.65. The van der Waals surface area contributed by atoms with E-state index < -0.39 is 11.0 Å². The van der Waals surface area contributed by atoms with Crippen LogP contribution < -0.4 is 0 Å².